The van der Waals surface area contributed by atoms with Gasteiger partial charge in [0.05, 0.1) is 6.61 Å². The normalized spacial score (nSPS) is 18.0. The van der Waals surface area contributed by atoms with Gasteiger partial charge >= 0.3 is 0 Å². The van der Waals surface area contributed by atoms with Gasteiger partial charge in [-0.3, -0.25) is 0 Å². The van der Waals surface area contributed by atoms with E-state index in [2.05, 4.69) is 50.4 Å². The Labute approximate surface area is 130 Å². The summed E-state index contributed by atoms with van der Waals surface area (Å²) in [6.45, 7) is 9.79. The lowest BCUT2D eigenvalue weighted by molar-refractivity contribution is 0.187. The molecule has 0 bridgehead atoms. The minimum absolute atomic E-state index is 0.382. The molecule has 0 aromatic heterocycles. The third-order valence-corrected chi connectivity index (χ3v) is 4.83. The van der Waals surface area contributed by atoms with Crippen molar-refractivity contribution in [2.24, 2.45) is 11.3 Å². The number of rotatable bonds is 9. The molecule has 118 valence electrons. The first kappa shape index (κ1) is 16.5. The number of hydrogen-bond acceptors (Lipinski definition) is 2. The molecule has 1 aromatic carbocycles. The van der Waals surface area contributed by atoms with Crippen LogP contribution in [0.3, 0.4) is 0 Å². The fraction of sp³-hybridized carbons (Fsp3) is 0.684. The second kappa shape index (κ2) is 7.42. The highest BCUT2D eigenvalue weighted by Crippen LogP contribution is 2.47. The molecular weight excluding hydrogens is 258 g/mol. The van der Waals surface area contributed by atoms with Gasteiger partial charge in [-0.15, -0.1) is 0 Å². The third kappa shape index (κ3) is 4.82. The highest BCUT2D eigenvalue weighted by Gasteiger charge is 2.40. The summed E-state index contributed by atoms with van der Waals surface area (Å²) in [5.74, 6) is 1.50. The van der Waals surface area contributed by atoms with E-state index in [0.717, 1.165) is 25.6 Å². The summed E-state index contributed by atoms with van der Waals surface area (Å²) in [4.78, 5) is 0. The molecule has 1 saturated carbocycles. The molecule has 1 fully saturated rings. The topological polar surface area (TPSA) is 21.3 Å². The van der Waals surface area contributed by atoms with Crippen molar-refractivity contribution in [2.45, 2.75) is 46.0 Å². The third-order valence-electron chi connectivity index (χ3n) is 4.83. The number of methoxy groups -OCH3 is 1. The average Bonchev–Trinajstić information content (AvgIpc) is 3.29. The smallest absolute Gasteiger partial charge is 0.0587 e. The van der Waals surface area contributed by atoms with E-state index in [1.165, 1.54) is 30.4 Å². The Morgan fingerprint density at radius 2 is 1.90 bits per heavy atom. The number of nitrogens with one attached hydrogen (secondary N) is 1. The van der Waals surface area contributed by atoms with Crippen LogP contribution in [0.5, 0.6) is 0 Å². The number of hydrogen-bond donors (Lipinski definition) is 1. The Morgan fingerprint density at radius 1 is 1.24 bits per heavy atom. The molecule has 0 amide bonds. The molecule has 1 atom stereocenters. The Bertz CT molecular complexity index is 422. The minimum atomic E-state index is 0.382. The Hall–Kier alpha value is -0.860. The van der Waals surface area contributed by atoms with Gasteiger partial charge in [0.15, 0.2) is 0 Å². The molecule has 0 heterocycles. The zero-order valence-corrected chi connectivity index (χ0v) is 14.1. The molecule has 21 heavy (non-hydrogen) atoms. The zero-order valence-electron chi connectivity index (χ0n) is 14.1. The maximum absolute atomic E-state index is 5.12. The summed E-state index contributed by atoms with van der Waals surface area (Å²) in [5.41, 5.74) is 3.29. The fourth-order valence-corrected chi connectivity index (χ4v) is 3.17. The Morgan fingerprint density at radius 3 is 2.43 bits per heavy atom. The molecule has 1 N–H and O–H groups in total. The highest BCUT2D eigenvalue weighted by atomic mass is 16.5. The Kier molecular flexibility index (Phi) is 5.83. The lowest BCUT2D eigenvalue weighted by Crippen LogP contribution is -2.37. The molecule has 0 spiro atoms. The van der Waals surface area contributed by atoms with Gasteiger partial charge in [0.1, 0.15) is 0 Å². The van der Waals surface area contributed by atoms with Crippen molar-refractivity contribution in [3.05, 3.63) is 35.4 Å². The first-order chi connectivity index (χ1) is 10.0. The van der Waals surface area contributed by atoms with E-state index in [1.54, 1.807) is 7.11 Å². The van der Waals surface area contributed by atoms with E-state index in [-0.39, 0.29) is 0 Å². The monoisotopic (exact) mass is 289 g/mol. The van der Waals surface area contributed by atoms with Crippen LogP contribution in [0.15, 0.2) is 24.3 Å². The summed E-state index contributed by atoms with van der Waals surface area (Å²) in [7, 11) is 1.76. The number of ether oxygens (including phenoxy) is 1. The lowest BCUT2D eigenvalue weighted by Gasteiger charge is -2.30. The van der Waals surface area contributed by atoms with Gasteiger partial charge < -0.3 is 10.1 Å². The van der Waals surface area contributed by atoms with Crippen molar-refractivity contribution in [1.82, 2.24) is 5.32 Å². The van der Waals surface area contributed by atoms with Crippen LogP contribution < -0.4 is 5.32 Å². The van der Waals surface area contributed by atoms with Crippen LogP contribution in [0, 0.1) is 11.3 Å². The minimum Gasteiger partial charge on any atom is -0.383 e. The van der Waals surface area contributed by atoms with E-state index >= 15 is 0 Å². The molecule has 2 rings (SSSR count). The maximum Gasteiger partial charge on any atom is 0.0587 e. The SMILES string of the molecule is COCCNCC(C)(Cc1ccc(C(C)C)cc1)C1CC1. The van der Waals surface area contributed by atoms with Gasteiger partial charge in [0, 0.05) is 20.2 Å². The fourth-order valence-electron chi connectivity index (χ4n) is 3.17. The predicted molar refractivity (Wildman–Crippen MR) is 89.8 cm³/mol. The standard InChI is InChI=1S/C19H31NO/c1-15(2)17-7-5-16(6-8-17)13-19(3,18-9-10-18)14-20-11-12-21-4/h5-8,15,18,20H,9-14H2,1-4H3. The molecule has 2 heteroatoms. The van der Waals surface area contributed by atoms with Crippen LogP contribution in [0.2, 0.25) is 0 Å². The van der Waals surface area contributed by atoms with Crippen LogP contribution in [0.25, 0.3) is 0 Å². The molecular formula is C19H31NO. The summed E-state index contributed by atoms with van der Waals surface area (Å²) >= 11 is 0. The molecule has 1 aliphatic carbocycles. The largest absolute Gasteiger partial charge is 0.383 e. The van der Waals surface area contributed by atoms with E-state index in [9.17, 15) is 0 Å². The van der Waals surface area contributed by atoms with Crippen LogP contribution in [0.4, 0.5) is 0 Å². The predicted octanol–water partition coefficient (Wildman–Crippen LogP) is 4.00. The molecule has 1 unspecified atom stereocenters. The van der Waals surface area contributed by atoms with Crippen molar-refractivity contribution < 1.29 is 4.74 Å². The summed E-state index contributed by atoms with van der Waals surface area (Å²) < 4.78 is 5.12. The molecule has 0 radical (unpaired) electrons. The van der Waals surface area contributed by atoms with Gasteiger partial charge in [-0.25, -0.2) is 0 Å². The molecule has 2 nitrogen and oxygen atoms in total. The first-order valence-corrected chi connectivity index (χ1v) is 8.33. The molecule has 1 aliphatic rings. The van der Waals surface area contributed by atoms with Crippen LogP contribution in [-0.2, 0) is 11.2 Å². The second-order valence-corrected chi connectivity index (χ2v) is 7.17. The van der Waals surface area contributed by atoms with Crippen molar-refractivity contribution >= 4 is 0 Å². The maximum atomic E-state index is 5.12. The molecule has 1 aromatic rings. The van der Waals surface area contributed by atoms with E-state index in [0.29, 0.717) is 11.3 Å². The highest BCUT2D eigenvalue weighted by molar-refractivity contribution is 5.26. The van der Waals surface area contributed by atoms with E-state index in [4.69, 9.17) is 4.74 Å². The summed E-state index contributed by atoms with van der Waals surface area (Å²) in [6.07, 6.45) is 3.97. The summed E-state index contributed by atoms with van der Waals surface area (Å²) in [5, 5.41) is 3.57. The molecule has 0 aliphatic heterocycles. The van der Waals surface area contributed by atoms with Gasteiger partial charge in [-0.05, 0) is 47.6 Å². The van der Waals surface area contributed by atoms with Crippen LogP contribution in [-0.4, -0.2) is 26.8 Å². The molecule has 0 saturated heterocycles. The second-order valence-electron chi connectivity index (χ2n) is 7.17. The van der Waals surface area contributed by atoms with Crippen molar-refractivity contribution in [1.29, 1.82) is 0 Å². The van der Waals surface area contributed by atoms with E-state index < -0.39 is 0 Å². The average molecular weight is 289 g/mol. The summed E-state index contributed by atoms with van der Waals surface area (Å²) in [6, 6.07) is 9.24. The van der Waals surface area contributed by atoms with Gasteiger partial charge in [0.2, 0.25) is 0 Å². The van der Waals surface area contributed by atoms with Crippen LogP contribution >= 0.6 is 0 Å². The zero-order chi connectivity index (χ0) is 15.3. The Balaban J connectivity index is 1.95. The quantitative estimate of drug-likeness (QED) is 0.694. The first-order valence-electron chi connectivity index (χ1n) is 8.33. The van der Waals surface area contributed by atoms with Crippen LogP contribution in [0.1, 0.15) is 50.7 Å². The lowest BCUT2D eigenvalue weighted by atomic mass is 9.78. The van der Waals surface area contributed by atoms with Crippen molar-refractivity contribution in [3.63, 3.8) is 0 Å². The van der Waals surface area contributed by atoms with Gasteiger partial charge in [-0.2, -0.15) is 0 Å². The van der Waals surface area contributed by atoms with Gasteiger partial charge in [-0.1, -0.05) is 45.0 Å². The van der Waals surface area contributed by atoms with Crippen molar-refractivity contribution in [2.75, 3.05) is 26.8 Å². The van der Waals surface area contributed by atoms with Gasteiger partial charge in [0.25, 0.3) is 0 Å². The van der Waals surface area contributed by atoms with E-state index in [1.807, 2.05) is 0 Å². The van der Waals surface area contributed by atoms with Crippen molar-refractivity contribution in [3.8, 4) is 0 Å². The number of benzene rings is 1.